The topological polar surface area (TPSA) is 53.1 Å². The Labute approximate surface area is 207 Å². The average molecular weight is 453 g/mol. The Hall–Kier alpha value is -2.18. The van der Waals surface area contributed by atoms with E-state index < -0.39 is 0 Å². The number of benzene rings is 2. The van der Waals surface area contributed by atoms with Crippen LogP contribution in [-0.2, 0) is 0 Å². The Balaban J connectivity index is 0.00000158. The maximum Gasteiger partial charge on any atom is 0.326 e. The lowest BCUT2D eigenvalue weighted by Crippen LogP contribution is -2.44. The number of hydrogen-bond acceptors (Lipinski definition) is 3. The summed E-state index contributed by atoms with van der Waals surface area (Å²) in [7, 11) is 14.0. The summed E-state index contributed by atoms with van der Waals surface area (Å²) in [6.07, 6.45) is 2.90. The van der Waals surface area contributed by atoms with Crippen LogP contribution < -0.4 is 16.5 Å². The number of nitrogens with zero attached hydrogens (tertiary/aromatic N) is 2. The number of rotatable bonds is 9. The monoisotopic (exact) mass is 453 g/mol. The number of hydrogen-bond donors (Lipinski definition) is 2. The summed E-state index contributed by atoms with van der Waals surface area (Å²) in [6, 6.07) is 16.4. The highest BCUT2D eigenvalue weighted by atomic mass is 16.1. The number of H-pyrrole nitrogens is 1. The van der Waals surface area contributed by atoms with Crippen LogP contribution in [0.1, 0.15) is 57.6 Å². The molecule has 0 bridgehead atoms. The van der Waals surface area contributed by atoms with Crippen LogP contribution in [0.3, 0.4) is 0 Å². The zero-order valence-corrected chi connectivity index (χ0v) is 20.8. The molecule has 2 atom stereocenters. The molecular weight excluding hydrogens is 417 g/mol. The minimum atomic E-state index is -0.122. The fourth-order valence-corrected chi connectivity index (χ4v) is 5.04. The van der Waals surface area contributed by atoms with Gasteiger partial charge < -0.3 is 15.2 Å². The lowest BCUT2D eigenvalue weighted by Gasteiger charge is -2.33. The van der Waals surface area contributed by atoms with Crippen LogP contribution in [0.4, 0.5) is 0 Å². The number of nitrogens with one attached hydrogen (secondary N) is 2. The highest BCUT2D eigenvalue weighted by Gasteiger charge is 2.24. The van der Waals surface area contributed by atoms with Gasteiger partial charge in [0.1, 0.15) is 0 Å². The minimum Gasteiger partial charge on any atom is -0.321 e. The Bertz CT molecular complexity index is 1080. The molecule has 8 heteroatoms. The lowest BCUT2D eigenvalue weighted by atomic mass is 9.49. The Kier molecular flexibility index (Phi) is 10.2. The van der Waals surface area contributed by atoms with Crippen LogP contribution in [-0.4, -0.2) is 69.3 Å². The lowest BCUT2D eigenvalue weighted by molar-refractivity contribution is 0.186. The van der Waals surface area contributed by atoms with Crippen LogP contribution in [0.5, 0.6) is 0 Å². The van der Waals surface area contributed by atoms with Gasteiger partial charge >= 0.3 is 5.69 Å². The summed E-state index contributed by atoms with van der Waals surface area (Å²) in [5, 5.41) is 3.52. The highest BCUT2D eigenvalue weighted by Crippen LogP contribution is 2.25. The van der Waals surface area contributed by atoms with Gasteiger partial charge in [-0.2, -0.15) is 0 Å². The number of aromatic amines is 1. The molecule has 175 valence electrons. The van der Waals surface area contributed by atoms with E-state index in [1.165, 1.54) is 5.56 Å². The van der Waals surface area contributed by atoms with Gasteiger partial charge in [-0.05, 0) is 43.3 Å². The average Bonchev–Trinajstić information content (AvgIpc) is 3.22. The van der Waals surface area contributed by atoms with Gasteiger partial charge in [0, 0.05) is 40.0 Å². The molecule has 3 aromatic rings. The molecule has 0 spiro atoms. The molecular formula is C26H36B3N4O. The van der Waals surface area contributed by atoms with Gasteiger partial charge in [0.05, 0.1) is 26.0 Å². The van der Waals surface area contributed by atoms with E-state index >= 15 is 0 Å². The van der Waals surface area contributed by atoms with E-state index in [0.29, 0.717) is 0 Å². The molecule has 2 N–H and O–H groups in total. The molecule has 0 saturated carbocycles. The molecule has 1 saturated heterocycles. The molecule has 0 amide bonds. The molecule has 2 aromatic carbocycles. The summed E-state index contributed by atoms with van der Waals surface area (Å²) in [5.74, 6) is 0.0916. The third-order valence-corrected chi connectivity index (χ3v) is 6.80. The second-order valence-corrected chi connectivity index (χ2v) is 8.68. The first-order valence-corrected chi connectivity index (χ1v) is 12.7. The molecule has 0 aliphatic carbocycles. The molecule has 1 fully saturated rings. The number of fused-ring (bicyclic) bond motifs is 1. The molecule has 4 rings (SSSR count). The quantitative estimate of drug-likeness (QED) is 0.491. The summed E-state index contributed by atoms with van der Waals surface area (Å²) >= 11 is 0. The van der Waals surface area contributed by atoms with E-state index in [-0.39, 0.29) is 23.6 Å². The smallest absolute Gasteiger partial charge is 0.321 e. The fraction of sp³-hybridized carbons (Fsp3) is 0.500. The summed E-state index contributed by atoms with van der Waals surface area (Å²) < 4.78 is 1.94. The van der Waals surface area contributed by atoms with Crippen molar-refractivity contribution in [3.63, 3.8) is 0 Å². The molecule has 34 heavy (non-hydrogen) atoms. The SMILES string of the molecule is CC.[B][B]c1ccccc1C(CC)C([B])NCCN1CCC(n2c(=O)[nH]c3ccccc32)CC1. The highest BCUT2D eigenvalue weighted by molar-refractivity contribution is 6.97. The van der Waals surface area contributed by atoms with Gasteiger partial charge in [-0.1, -0.05) is 68.2 Å². The standard InChI is InChI=1S/C24H30B3N4O.C2H6/c1-2-18(19-7-3-4-8-20(19)27-26)23(25)28-13-16-30-14-11-17(12-15-30)31-22-10-6-5-9-21(22)29-24(31)32;1-2/h3-10,17-18,23,28H,2,11-16H2,1H3,(H,29,32);1-2H3. The van der Waals surface area contributed by atoms with E-state index in [0.717, 1.165) is 61.9 Å². The Morgan fingerprint density at radius 2 is 1.79 bits per heavy atom. The second-order valence-electron chi connectivity index (χ2n) is 8.68. The number of para-hydroxylation sites is 2. The van der Waals surface area contributed by atoms with Crippen molar-refractivity contribution >= 4 is 39.2 Å². The van der Waals surface area contributed by atoms with Crippen LogP contribution in [0.25, 0.3) is 11.0 Å². The number of likely N-dealkylation sites (tertiary alicyclic amines) is 1. The van der Waals surface area contributed by atoms with E-state index in [2.05, 4.69) is 28.2 Å². The van der Waals surface area contributed by atoms with Crippen molar-refractivity contribution in [1.82, 2.24) is 19.8 Å². The van der Waals surface area contributed by atoms with Crippen LogP contribution in [0.2, 0.25) is 0 Å². The van der Waals surface area contributed by atoms with Crippen molar-refractivity contribution < 1.29 is 0 Å². The van der Waals surface area contributed by atoms with Crippen molar-refractivity contribution in [1.29, 1.82) is 0 Å². The fourth-order valence-electron chi connectivity index (χ4n) is 5.04. The Morgan fingerprint density at radius 1 is 1.12 bits per heavy atom. The van der Waals surface area contributed by atoms with Gasteiger partial charge in [0.25, 0.3) is 0 Å². The van der Waals surface area contributed by atoms with Crippen LogP contribution >= 0.6 is 0 Å². The van der Waals surface area contributed by atoms with Crippen molar-refractivity contribution in [2.75, 3.05) is 26.2 Å². The zero-order valence-electron chi connectivity index (χ0n) is 20.8. The molecule has 2 heterocycles. The molecule has 5 radical (unpaired) electrons. The predicted octanol–water partition coefficient (Wildman–Crippen LogP) is 2.68. The zero-order chi connectivity index (χ0) is 24.5. The third-order valence-electron chi connectivity index (χ3n) is 6.80. The minimum absolute atomic E-state index is 0.00194. The molecule has 2 unspecified atom stereocenters. The van der Waals surface area contributed by atoms with E-state index in [1.807, 2.05) is 60.9 Å². The Morgan fingerprint density at radius 3 is 2.50 bits per heavy atom. The first-order valence-electron chi connectivity index (χ1n) is 12.7. The maximum absolute atomic E-state index is 12.5. The van der Waals surface area contributed by atoms with Gasteiger partial charge in [-0.3, -0.25) is 4.57 Å². The van der Waals surface area contributed by atoms with Gasteiger partial charge in [-0.25, -0.2) is 4.79 Å². The number of aromatic nitrogens is 2. The molecule has 5 nitrogen and oxygen atoms in total. The van der Waals surface area contributed by atoms with Crippen molar-refractivity contribution in [2.45, 2.75) is 57.9 Å². The summed E-state index contributed by atoms with van der Waals surface area (Å²) in [5.41, 5.74) is 4.16. The van der Waals surface area contributed by atoms with Gasteiger partial charge in [0.15, 0.2) is 0 Å². The number of imidazole rings is 1. The van der Waals surface area contributed by atoms with Crippen LogP contribution in [0.15, 0.2) is 53.3 Å². The van der Waals surface area contributed by atoms with E-state index in [4.69, 9.17) is 15.6 Å². The third kappa shape index (κ3) is 6.08. The van der Waals surface area contributed by atoms with Crippen molar-refractivity contribution in [2.24, 2.45) is 0 Å². The largest absolute Gasteiger partial charge is 0.326 e. The van der Waals surface area contributed by atoms with Crippen molar-refractivity contribution in [3.8, 4) is 0 Å². The van der Waals surface area contributed by atoms with E-state index in [1.54, 1.807) is 7.17 Å². The van der Waals surface area contributed by atoms with E-state index in [9.17, 15) is 4.79 Å². The summed E-state index contributed by atoms with van der Waals surface area (Å²) in [6.45, 7) is 9.91. The normalized spacial score (nSPS) is 16.6. The molecule has 1 aromatic heterocycles. The van der Waals surface area contributed by atoms with Gasteiger partial charge in [0.2, 0.25) is 0 Å². The predicted molar refractivity (Wildman–Crippen MR) is 147 cm³/mol. The first-order chi connectivity index (χ1) is 16.6. The van der Waals surface area contributed by atoms with Gasteiger partial charge in [-0.15, -0.1) is 0 Å². The second kappa shape index (κ2) is 13.1. The summed E-state index contributed by atoms with van der Waals surface area (Å²) in [4.78, 5) is 17.9. The molecule has 1 aliphatic heterocycles. The number of piperidine rings is 1. The first kappa shape index (κ1) is 26.4. The van der Waals surface area contributed by atoms with Crippen molar-refractivity contribution in [3.05, 3.63) is 64.6 Å². The molecule has 1 aliphatic rings. The maximum atomic E-state index is 12.5. The van der Waals surface area contributed by atoms with Crippen LogP contribution in [0, 0.1) is 0 Å².